The first-order chi connectivity index (χ1) is 8.61. The van der Waals surface area contributed by atoms with Crippen molar-refractivity contribution in [3.05, 3.63) is 59.2 Å². The number of hydrogen-bond acceptors (Lipinski definition) is 1. The zero-order valence-corrected chi connectivity index (χ0v) is 10.9. The first kappa shape index (κ1) is 12.5. The van der Waals surface area contributed by atoms with E-state index in [4.69, 9.17) is 0 Å². The van der Waals surface area contributed by atoms with Gasteiger partial charge in [0.1, 0.15) is 5.82 Å². The fourth-order valence-corrected chi connectivity index (χ4v) is 2.02. The third-order valence-corrected chi connectivity index (χ3v) is 2.94. The molecule has 2 aromatic rings. The average molecular weight is 241 g/mol. The predicted octanol–water partition coefficient (Wildman–Crippen LogP) is 4.54. The van der Waals surface area contributed by atoms with Crippen LogP contribution in [0.5, 0.6) is 0 Å². The zero-order chi connectivity index (χ0) is 13.1. The van der Waals surface area contributed by atoms with Gasteiger partial charge in [-0.2, -0.15) is 0 Å². The van der Waals surface area contributed by atoms with Gasteiger partial charge in [0.05, 0.1) is 5.69 Å². The van der Waals surface area contributed by atoms with Gasteiger partial charge in [0, 0.05) is 11.8 Å². The van der Waals surface area contributed by atoms with Crippen LogP contribution in [0.15, 0.2) is 36.5 Å². The van der Waals surface area contributed by atoms with Gasteiger partial charge in [0.25, 0.3) is 0 Å². The highest BCUT2D eigenvalue weighted by atomic mass is 19.1. The lowest BCUT2D eigenvalue weighted by molar-refractivity contribution is 0.627. The maximum absolute atomic E-state index is 13.1. The quantitative estimate of drug-likeness (QED) is 0.752. The van der Waals surface area contributed by atoms with Crippen LogP contribution in [-0.4, -0.2) is 4.98 Å². The van der Waals surface area contributed by atoms with Crippen LogP contribution in [-0.2, 0) is 0 Å². The van der Waals surface area contributed by atoms with Gasteiger partial charge in [-0.25, -0.2) is 4.39 Å². The zero-order valence-electron chi connectivity index (χ0n) is 10.9. The van der Waals surface area contributed by atoms with Crippen LogP contribution in [0.25, 0.3) is 17.2 Å². The lowest BCUT2D eigenvalue weighted by atomic mass is 10.00. The highest BCUT2D eigenvalue weighted by Gasteiger charge is 2.05. The van der Waals surface area contributed by atoms with Gasteiger partial charge in [-0.15, -0.1) is 0 Å². The molecule has 0 atom stereocenters. The maximum atomic E-state index is 13.1. The van der Waals surface area contributed by atoms with Crippen LogP contribution in [0.1, 0.15) is 23.7 Å². The second-order valence-corrected chi connectivity index (χ2v) is 4.39. The summed E-state index contributed by atoms with van der Waals surface area (Å²) in [5.74, 6) is -0.202. The van der Waals surface area contributed by atoms with Gasteiger partial charge in [-0.05, 0) is 61.7 Å². The minimum absolute atomic E-state index is 0.202. The SMILES string of the molecule is C/C=C\c1ncc(-c2ccc(F)cc2C)cc1C. The van der Waals surface area contributed by atoms with Crippen molar-refractivity contribution in [3.8, 4) is 11.1 Å². The Bertz CT molecular complexity index is 600. The number of benzene rings is 1. The summed E-state index contributed by atoms with van der Waals surface area (Å²) in [5, 5.41) is 0. The Morgan fingerprint density at radius 2 is 1.89 bits per heavy atom. The van der Waals surface area contributed by atoms with Crippen molar-refractivity contribution in [2.45, 2.75) is 20.8 Å². The highest BCUT2D eigenvalue weighted by molar-refractivity contribution is 5.68. The molecule has 0 saturated heterocycles. The van der Waals surface area contributed by atoms with Crippen LogP contribution in [0, 0.1) is 19.7 Å². The number of allylic oxidation sites excluding steroid dienone is 1. The summed E-state index contributed by atoms with van der Waals surface area (Å²) in [7, 11) is 0. The van der Waals surface area contributed by atoms with Crippen molar-refractivity contribution < 1.29 is 4.39 Å². The number of rotatable bonds is 2. The minimum Gasteiger partial charge on any atom is -0.256 e. The topological polar surface area (TPSA) is 12.9 Å². The molecule has 0 aliphatic heterocycles. The third kappa shape index (κ3) is 2.48. The second kappa shape index (κ2) is 5.13. The summed E-state index contributed by atoms with van der Waals surface area (Å²) >= 11 is 0. The van der Waals surface area contributed by atoms with E-state index in [0.717, 1.165) is 27.9 Å². The number of aryl methyl sites for hydroxylation is 2. The van der Waals surface area contributed by atoms with Crippen molar-refractivity contribution in [1.29, 1.82) is 0 Å². The molecule has 0 amide bonds. The van der Waals surface area contributed by atoms with E-state index in [1.165, 1.54) is 6.07 Å². The van der Waals surface area contributed by atoms with Gasteiger partial charge in [-0.1, -0.05) is 12.1 Å². The normalized spacial score (nSPS) is 11.1. The van der Waals surface area contributed by atoms with E-state index in [2.05, 4.69) is 11.1 Å². The largest absolute Gasteiger partial charge is 0.256 e. The summed E-state index contributed by atoms with van der Waals surface area (Å²) < 4.78 is 13.1. The first-order valence-corrected chi connectivity index (χ1v) is 5.97. The Morgan fingerprint density at radius 1 is 1.11 bits per heavy atom. The second-order valence-electron chi connectivity index (χ2n) is 4.39. The number of nitrogens with zero attached hydrogens (tertiary/aromatic N) is 1. The fraction of sp³-hybridized carbons (Fsp3) is 0.188. The maximum Gasteiger partial charge on any atom is 0.123 e. The van der Waals surface area contributed by atoms with Crippen molar-refractivity contribution >= 4 is 6.08 Å². The Labute approximate surface area is 107 Å². The van der Waals surface area contributed by atoms with Crippen molar-refractivity contribution in [2.24, 2.45) is 0 Å². The van der Waals surface area contributed by atoms with E-state index in [1.807, 2.05) is 39.1 Å². The third-order valence-electron chi connectivity index (χ3n) is 2.94. The molecular weight excluding hydrogens is 225 g/mol. The van der Waals surface area contributed by atoms with E-state index in [1.54, 1.807) is 12.1 Å². The average Bonchev–Trinajstić information content (AvgIpc) is 2.32. The summed E-state index contributed by atoms with van der Waals surface area (Å²) in [6.45, 7) is 5.91. The Kier molecular flexibility index (Phi) is 3.56. The molecule has 0 unspecified atom stereocenters. The number of aromatic nitrogens is 1. The molecule has 92 valence electrons. The van der Waals surface area contributed by atoms with Crippen LogP contribution in [0.3, 0.4) is 0 Å². The molecule has 1 aromatic carbocycles. The molecule has 0 spiro atoms. The fourth-order valence-electron chi connectivity index (χ4n) is 2.02. The smallest absolute Gasteiger partial charge is 0.123 e. The Morgan fingerprint density at radius 3 is 2.50 bits per heavy atom. The number of hydrogen-bond donors (Lipinski definition) is 0. The molecule has 0 saturated carbocycles. The predicted molar refractivity (Wildman–Crippen MR) is 73.8 cm³/mol. The molecule has 2 rings (SSSR count). The molecule has 18 heavy (non-hydrogen) atoms. The Hall–Kier alpha value is -1.96. The van der Waals surface area contributed by atoms with Crippen LogP contribution >= 0.6 is 0 Å². The number of halogens is 1. The van der Waals surface area contributed by atoms with Gasteiger partial charge >= 0.3 is 0 Å². The van der Waals surface area contributed by atoms with E-state index >= 15 is 0 Å². The standard InChI is InChI=1S/C16H16FN/c1-4-5-16-12(3)8-13(10-18-16)15-7-6-14(17)9-11(15)2/h4-10H,1-3H3/b5-4-. The highest BCUT2D eigenvalue weighted by Crippen LogP contribution is 2.25. The first-order valence-electron chi connectivity index (χ1n) is 5.97. The summed E-state index contributed by atoms with van der Waals surface area (Å²) in [6, 6.07) is 6.92. The van der Waals surface area contributed by atoms with Gasteiger partial charge in [0.15, 0.2) is 0 Å². The summed E-state index contributed by atoms with van der Waals surface area (Å²) in [5.41, 5.74) is 5.07. The molecular formula is C16H16FN. The minimum atomic E-state index is -0.202. The molecule has 0 radical (unpaired) electrons. The molecule has 1 heterocycles. The van der Waals surface area contributed by atoms with Gasteiger partial charge in [-0.3, -0.25) is 4.98 Å². The van der Waals surface area contributed by atoms with Gasteiger partial charge in [0.2, 0.25) is 0 Å². The molecule has 1 aromatic heterocycles. The van der Waals surface area contributed by atoms with E-state index in [9.17, 15) is 4.39 Å². The van der Waals surface area contributed by atoms with Crippen molar-refractivity contribution in [2.75, 3.05) is 0 Å². The lowest BCUT2D eigenvalue weighted by Gasteiger charge is -2.08. The van der Waals surface area contributed by atoms with Crippen LogP contribution < -0.4 is 0 Å². The van der Waals surface area contributed by atoms with Crippen LogP contribution in [0.2, 0.25) is 0 Å². The monoisotopic (exact) mass is 241 g/mol. The lowest BCUT2D eigenvalue weighted by Crippen LogP contribution is -1.91. The van der Waals surface area contributed by atoms with E-state index in [0.29, 0.717) is 0 Å². The molecule has 0 fully saturated rings. The van der Waals surface area contributed by atoms with Crippen molar-refractivity contribution in [3.63, 3.8) is 0 Å². The van der Waals surface area contributed by atoms with Gasteiger partial charge < -0.3 is 0 Å². The Balaban J connectivity index is 2.48. The summed E-state index contributed by atoms with van der Waals surface area (Å²) in [6.07, 6.45) is 5.79. The molecule has 1 nitrogen and oxygen atoms in total. The number of pyridine rings is 1. The van der Waals surface area contributed by atoms with Crippen LogP contribution in [0.4, 0.5) is 4.39 Å². The molecule has 2 heteroatoms. The van der Waals surface area contributed by atoms with Crippen molar-refractivity contribution in [1.82, 2.24) is 4.98 Å². The summed E-state index contributed by atoms with van der Waals surface area (Å²) in [4.78, 5) is 4.43. The van der Waals surface area contributed by atoms with E-state index in [-0.39, 0.29) is 5.82 Å². The molecule has 0 N–H and O–H groups in total. The van der Waals surface area contributed by atoms with E-state index < -0.39 is 0 Å². The molecule has 0 aliphatic carbocycles. The molecule has 0 bridgehead atoms. The molecule has 0 aliphatic rings.